The molecular weight excluding hydrogens is 719 g/mol. The molecule has 0 bridgehead atoms. The van der Waals surface area contributed by atoms with E-state index in [-0.39, 0.29) is 19.4 Å². The Morgan fingerprint density at radius 3 is 1.24 bits per heavy atom. The van der Waals surface area contributed by atoms with Gasteiger partial charge in [-0.1, -0.05) is 152 Å². The summed E-state index contributed by atoms with van der Waals surface area (Å²) in [7, 11) is -4.61. The molecule has 0 aliphatic carbocycles. The van der Waals surface area contributed by atoms with Crippen LogP contribution < -0.4 is 0 Å². The molecule has 0 aromatic heterocycles. The van der Waals surface area contributed by atoms with Crippen LogP contribution in [0, 0.1) is 0 Å². The number of aliphatic hydroxyl groups is 2. The maximum atomic E-state index is 12.1. The Kier molecular flexibility index (Phi) is 38.2. The van der Waals surface area contributed by atoms with Gasteiger partial charge in [0.15, 0.2) is 0 Å². The van der Waals surface area contributed by atoms with Crippen LogP contribution in [0.25, 0.3) is 0 Å². The van der Waals surface area contributed by atoms with Crippen molar-refractivity contribution in [1.82, 2.24) is 0 Å². The standard InChI is InChI=1S/C44H77O10P/c1-3-5-7-9-11-13-15-17-19-20-22-24-26-28-30-32-34-36-44(48)52-38-42(46)40-54-55(49,50)53-39-41(45)37-51-43(47)35-33-31-29-27-25-23-21-18-16-14-12-10-8-6-4-2/h15,17-22,24,26,28,41-42,45-46H,3-14,16,23,25,27,29-40H2,1-2H3,(H,49,50)/b17-15+,20-19+,21-18-,24-22+,28-26+/t41-,42-/m1/s1. The van der Waals surface area contributed by atoms with Crippen LogP contribution in [0.2, 0.25) is 0 Å². The van der Waals surface area contributed by atoms with E-state index in [0.29, 0.717) is 12.8 Å². The van der Waals surface area contributed by atoms with Crippen molar-refractivity contribution in [3.05, 3.63) is 60.8 Å². The SMILES string of the molecule is CCCCCCC/C=C/C=C/C=C/C=C/CCCCC(=O)OC[C@@H](O)COP(=O)(O)OC[C@H](O)COC(=O)CCCCCCC/C=C\CCCCCCCC. The number of rotatable bonds is 39. The van der Waals surface area contributed by atoms with Gasteiger partial charge in [-0.25, -0.2) is 4.57 Å². The Morgan fingerprint density at radius 2 is 0.800 bits per heavy atom. The van der Waals surface area contributed by atoms with Crippen LogP contribution in [0.4, 0.5) is 0 Å². The molecule has 3 N–H and O–H groups in total. The average molecular weight is 797 g/mol. The van der Waals surface area contributed by atoms with E-state index in [0.717, 1.165) is 51.4 Å². The van der Waals surface area contributed by atoms with Gasteiger partial charge in [0.05, 0.1) is 13.2 Å². The molecule has 0 aromatic carbocycles. The van der Waals surface area contributed by atoms with Gasteiger partial charge >= 0.3 is 19.8 Å². The molecule has 55 heavy (non-hydrogen) atoms. The van der Waals surface area contributed by atoms with Gasteiger partial charge in [0.25, 0.3) is 0 Å². The molecule has 0 aromatic rings. The summed E-state index contributed by atoms with van der Waals surface area (Å²) in [5.74, 6) is -0.937. The molecule has 0 heterocycles. The fourth-order valence-corrected chi connectivity index (χ4v) is 6.16. The summed E-state index contributed by atoms with van der Waals surface area (Å²) in [5, 5.41) is 20.0. The highest BCUT2D eigenvalue weighted by Gasteiger charge is 2.25. The smallest absolute Gasteiger partial charge is 0.463 e. The molecule has 0 spiro atoms. The van der Waals surface area contributed by atoms with Gasteiger partial charge in [0, 0.05) is 12.8 Å². The van der Waals surface area contributed by atoms with Crippen molar-refractivity contribution in [2.45, 2.75) is 180 Å². The Labute approximate surface area is 334 Å². The number of carbonyl (C=O) groups is 2. The highest BCUT2D eigenvalue weighted by Crippen LogP contribution is 2.43. The number of hydrogen-bond acceptors (Lipinski definition) is 9. The zero-order valence-electron chi connectivity index (χ0n) is 34.4. The molecular formula is C44H77O10P. The second kappa shape index (κ2) is 39.9. The third-order valence-corrected chi connectivity index (χ3v) is 9.63. The number of aliphatic hydroxyl groups excluding tert-OH is 2. The van der Waals surface area contributed by atoms with Crippen molar-refractivity contribution in [1.29, 1.82) is 0 Å². The second-order valence-electron chi connectivity index (χ2n) is 14.1. The van der Waals surface area contributed by atoms with E-state index in [1.807, 2.05) is 36.5 Å². The lowest BCUT2D eigenvalue weighted by molar-refractivity contribution is -0.147. The Bertz CT molecular complexity index is 1100. The quantitative estimate of drug-likeness (QED) is 0.0180. The first kappa shape index (κ1) is 52.7. The van der Waals surface area contributed by atoms with Gasteiger partial charge in [-0.05, 0) is 64.2 Å². The van der Waals surface area contributed by atoms with Gasteiger partial charge < -0.3 is 24.6 Å². The monoisotopic (exact) mass is 797 g/mol. The lowest BCUT2D eigenvalue weighted by Crippen LogP contribution is -2.25. The van der Waals surface area contributed by atoms with E-state index >= 15 is 0 Å². The normalized spacial score (nSPS) is 14.5. The number of allylic oxidation sites excluding steroid dienone is 10. The van der Waals surface area contributed by atoms with E-state index in [4.69, 9.17) is 18.5 Å². The topological polar surface area (TPSA) is 149 Å². The Hall–Kier alpha value is -2.33. The van der Waals surface area contributed by atoms with Crippen LogP contribution in [-0.4, -0.2) is 65.7 Å². The molecule has 0 aliphatic rings. The molecule has 0 saturated carbocycles. The third-order valence-electron chi connectivity index (χ3n) is 8.68. The van der Waals surface area contributed by atoms with Crippen LogP contribution in [0.5, 0.6) is 0 Å². The Balaban J connectivity index is 3.81. The number of unbranched alkanes of at least 4 members (excludes halogenated alkanes) is 18. The van der Waals surface area contributed by atoms with Gasteiger partial charge in [-0.3, -0.25) is 18.6 Å². The van der Waals surface area contributed by atoms with E-state index in [9.17, 15) is 29.3 Å². The molecule has 1 unspecified atom stereocenters. The van der Waals surface area contributed by atoms with Gasteiger partial charge in [0.1, 0.15) is 25.4 Å². The Morgan fingerprint density at radius 1 is 0.473 bits per heavy atom. The first-order valence-corrected chi connectivity index (χ1v) is 22.8. The molecule has 0 aliphatic heterocycles. The molecule has 0 saturated heterocycles. The minimum absolute atomic E-state index is 0.187. The summed E-state index contributed by atoms with van der Waals surface area (Å²) < 4.78 is 31.6. The molecule has 10 nitrogen and oxygen atoms in total. The third kappa shape index (κ3) is 41.1. The zero-order valence-corrected chi connectivity index (χ0v) is 35.3. The number of phosphoric ester groups is 1. The van der Waals surface area contributed by atoms with Crippen LogP contribution in [0.1, 0.15) is 168 Å². The van der Waals surface area contributed by atoms with E-state index in [1.165, 1.54) is 77.0 Å². The van der Waals surface area contributed by atoms with Crippen molar-refractivity contribution < 1.29 is 47.8 Å². The maximum absolute atomic E-state index is 12.1. The minimum atomic E-state index is -4.61. The predicted octanol–water partition coefficient (Wildman–Crippen LogP) is 11.1. The largest absolute Gasteiger partial charge is 0.472 e. The number of hydrogen-bond donors (Lipinski definition) is 3. The molecule has 0 radical (unpaired) electrons. The molecule has 0 rings (SSSR count). The van der Waals surface area contributed by atoms with Crippen LogP contribution >= 0.6 is 7.82 Å². The number of phosphoric acid groups is 1. The number of ether oxygens (including phenoxy) is 2. The van der Waals surface area contributed by atoms with E-state index in [1.54, 1.807) is 0 Å². The summed E-state index contributed by atoms with van der Waals surface area (Å²) in [6, 6.07) is 0. The highest BCUT2D eigenvalue weighted by molar-refractivity contribution is 7.47. The van der Waals surface area contributed by atoms with E-state index in [2.05, 4.69) is 38.2 Å². The van der Waals surface area contributed by atoms with Crippen molar-refractivity contribution in [2.75, 3.05) is 26.4 Å². The summed E-state index contributed by atoms with van der Waals surface area (Å²) >= 11 is 0. The summed E-state index contributed by atoms with van der Waals surface area (Å²) in [6.07, 6.45) is 43.5. The molecule has 3 atom stereocenters. The molecule has 318 valence electrons. The molecule has 11 heteroatoms. The fraction of sp³-hybridized carbons (Fsp3) is 0.727. The van der Waals surface area contributed by atoms with Crippen LogP contribution in [-0.2, 0) is 32.7 Å². The first-order valence-electron chi connectivity index (χ1n) is 21.3. The minimum Gasteiger partial charge on any atom is -0.463 e. The van der Waals surface area contributed by atoms with Gasteiger partial charge in [-0.15, -0.1) is 0 Å². The van der Waals surface area contributed by atoms with Crippen molar-refractivity contribution in [3.8, 4) is 0 Å². The predicted molar refractivity (Wildman–Crippen MR) is 224 cm³/mol. The lowest BCUT2D eigenvalue weighted by Gasteiger charge is -2.17. The zero-order chi connectivity index (χ0) is 40.5. The van der Waals surface area contributed by atoms with Gasteiger partial charge in [-0.2, -0.15) is 0 Å². The maximum Gasteiger partial charge on any atom is 0.472 e. The lowest BCUT2D eigenvalue weighted by atomic mass is 10.1. The summed E-state index contributed by atoms with van der Waals surface area (Å²) in [5.41, 5.74) is 0. The first-order chi connectivity index (χ1) is 26.7. The van der Waals surface area contributed by atoms with Crippen molar-refractivity contribution >= 4 is 19.8 Å². The van der Waals surface area contributed by atoms with Crippen LogP contribution in [0.15, 0.2) is 60.8 Å². The summed E-state index contributed by atoms with van der Waals surface area (Å²) in [6.45, 7) is 2.45. The van der Waals surface area contributed by atoms with Gasteiger partial charge in [0.2, 0.25) is 0 Å². The van der Waals surface area contributed by atoms with Crippen molar-refractivity contribution in [3.63, 3.8) is 0 Å². The fourth-order valence-electron chi connectivity index (χ4n) is 5.36. The second-order valence-corrected chi connectivity index (χ2v) is 15.6. The van der Waals surface area contributed by atoms with E-state index < -0.39 is 51.8 Å². The summed E-state index contributed by atoms with van der Waals surface area (Å²) in [4.78, 5) is 33.8. The molecule has 0 amide bonds. The number of carbonyl (C=O) groups excluding carboxylic acids is 2. The number of esters is 2. The van der Waals surface area contributed by atoms with Crippen molar-refractivity contribution in [2.24, 2.45) is 0 Å². The van der Waals surface area contributed by atoms with Crippen LogP contribution in [0.3, 0.4) is 0 Å². The average Bonchev–Trinajstić information content (AvgIpc) is 3.17. The highest BCUT2D eigenvalue weighted by atomic mass is 31.2. The molecule has 0 fully saturated rings.